The van der Waals surface area contributed by atoms with Crippen LogP contribution in [0.3, 0.4) is 0 Å². The molecular formula is C16H17N3O3S2. The van der Waals surface area contributed by atoms with Gasteiger partial charge in [-0.25, -0.2) is 13.4 Å². The third-order valence-corrected chi connectivity index (χ3v) is 6.89. The Morgan fingerprint density at radius 1 is 1.25 bits per heavy atom. The van der Waals surface area contributed by atoms with Crippen molar-refractivity contribution in [1.29, 1.82) is 0 Å². The van der Waals surface area contributed by atoms with Gasteiger partial charge in [-0.3, -0.25) is 4.79 Å². The molecule has 0 N–H and O–H groups in total. The van der Waals surface area contributed by atoms with Crippen LogP contribution in [-0.2, 0) is 14.8 Å². The Morgan fingerprint density at radius 2 is 2.00 bits per heavy atom. The van der Waals surface area contributed by atoms with Gasteiger partial charge in [-0.05, 0) is 17.0 Å². The van der Waals surface area contributed by atoms with Crippen LogP contribution in [0, 0.1) is 0 Å². The molecule has 1 aromatic carbocycles. The standard InChI is InChI=1S/C16H17N3O3S2/c1-18(24(21,22)16-8-5-11-23-16)12-15(20)19-10-9-14(17-19)13-6-3-2-4-7-13/h2-8,11H,9-10,12H2,1H3. The maximum Gasteiger partial charge on any atom is 0.257 e. The molecule has 3 rings (SSSR count). The highest BCUT2D eigenvalue weighted by Crippen LogP contribution is 2.20. The summed E-state index contributed by atoms with van der Waals surface area (Å²) in [7, 11) is -2.22. The van der Waals surface area contributed by atoms with Gasteiger partial charge in [-0.15, -0.1) is 11.3 Å². The van der Waals surface area contributed by atoms with Gasteiger partial charge in [0, 0.05) is 13.5 Å². The highest BCUT2D eigenvalue weighted by Gasteiger charge is 2.28. The summed E-state index contributed by atoms with van der Waals surface area (Å²) in [6.45, 7) is 0.238. The second-order valence-electron chi connectivity index (χ2n) is 5.37. The second-order valence-corrected chi connectivity index (χ2v) is 8.59. The number of sulfonamides is 1. The molecule has 0 aliphatic carbocycles. The van der Waals surface area contributed by atoms with Gasteiger partial charge in [0.2, 0.25) is 0 Å². The average molecular weight is 363 g/mol. The molecule has 0 atom stereocenters. The third-order valence-electron chi connectivity index (χ3n) is 3.71. The zero-order chi connectivity index (χ0) is 17.2. The minimum atomic E-state index is -3.63. The number of hydrogen-bond acceptors (Lipinski definition) is 5. The molecule has 24 heavy (non-hydrogen) atoms. The SMILES string of the molecule is CN(CC(=O)N1CCC(c2ccccc2)=N1)S(=O)(=O)c1cccs1. The molecule has 0 radical (unpaired) electrons. The van der Waals surface area contributed by atoms with Crippen LogP contribution in [0.2, 0.25) is 0 Å². The van der Waals surface area contributed by atoms with E-state index in [4.69, 9.17) is 0 Å². The first-order chi connectivity index (χ1) is 11.5. The van der Waals surface area contributed by atoms with Crippen molar-refractivity contribution in [3.8, 4) is 0 Å². The number of rotatable bonds is 5. The van der Waals surface area contributed by atoms with Crippen molar-refractivity contribution in [3.05, 3.63) is 53.4 Å². The summed E-state index contributed by atoms with van der Waals surface area (Å²) in [6, 6.07) is 12.9. The number of hydrogen-bond donors (Lipinski definition) is 0. The molecule has 0 saturated heterocycles. The molecule has 0 fully saturated rings. The minimum absolute atomic E-state index is 0.229. The van der Waals surface area contributed by atoms with E-state index in [1.807, 2.05) is 30.3 Å². The zero-order valence-corrected chi connectivity index (χ0v) is 14.8. The lowest BCUT2D eigenvalue weighted by molar-refractivity contribution is -0.130. The van der Waals surface area contributed by atoms with Crippen molar-refractivity contribution >= 4 is 33.0 Å². The van der Waals surface area contributed by atoms with Crippen LogP contribution in [0.25, 0.3) is 0 Å². The van der Waals surface area contributed by atoms with Crippen molar-refractivity contribution in [1.82, 2.24) is 9.31 Å². The highest BCUT2D eigenvalue weighted by molar-refractivity contribution is 7.91. The van der Waals surface area contributed by atoms with E-state index in [1.165, 1.54) is 18.1 Å². The molecule has 2 aromatic rings. The van der Waals surface area contributed by atoms with E-state index in [0.717, 1.165) is 26.9 Å². The van der Waals surface area contributed by atoms with Gasteiger partial charge in [-0.2, -0.15) is 9.41 Å². The van der Waals surface area contributed by atoms with E-state index in [1.54, 1.807) is 11.4 Å². The number of amides is 1. The lowest BCUT2D eigenvalue weighted by Gasteiger charge is -2.18. The Morgan fingerprint density at radius 3 is 2.67 bits per heavy atom. The number of benzene rings is 1. The molecule has 1 aromatic heterocycles. The molecule has 8 heteroatoms. The van der Waals surface area contributed by atoms with E-state index >= 15 is 0 Å². The summed E-state index contributed by atoms with van der Waals surface area (Å²) in [4.78, 5) is 12.4. The van der Waals surface area contributed by atoms with Crippen LogP contribution in [-0.4, -0.2) is 49.5 Å². The van der Waals surface area contributed by atoms with Crippen LogP contribution >= 0.6 is 11.3 Å². The predicted octanol–water partition coefficient (Wildman–Crippen LogP) is 2.01. The molecule has 1 aliphatic rings. The lowest BCUT2D eigenvalue weighted by atomic mass is 10.1. The molecule has 0 saturated carbocycles. The van der Waals surface area contributed by atoms with Crippen molar-refractivity contribution in [2.45, 2.75) is 10.6 Å². The summed E-state index contributed by atoms with van der Waals surface area (Å²) >= 11 is 1.13. The van der Waals surface area contributed by atoms with Gasteiger partial charge in [0.15, 0.2) is 0 Å². The van der Waals surface area contributed by atoms with E-state index in [2.05, 4.69) is 5.10 Å². The Bertz CT molecular complexity index is 846. The number of carbonyl (C=O) groups is 1. The van der Waals surface area contributed by atoms with Crippen LogP contribution < -0.4 is 0 Å². The van der Waals surface area contributed by atoms with Gasteiger partial charge in [-0.1, -0.05) is 36.4 Å². The molecule has 126 valence electrons. The minimum Gasteiger partial charge on any atom is -0.271 e. The Hall–Kier alpha value is -2.03. The number of nitrogens with zero attached hydrogens (tertiary/aromatic N) is 3. The third kappa shape index (κ3) is 3.40. The van der Waals surface area contributed by atoms with Crippen LogP contribution in [0.15, 0.2) is 57.2 Å². The molecule has 1 amide bonds. The molecule has 0 spiro atoms. The van der Waals surface area contributed by atoms with E-state index in [9.17, 15) is 13.2 Å². The smallest absolute Gasteiger partial charge is 0.257 e. The van der Waals surface area contributed by atoms with E-state index in [-0.39, 0.29) is 16.7 Å². The Balaban J connectivity index is 1.69. The van der Waals surface area contributed by atoms with Crippen LogP contribution in [0.4, 0.5) is 0 Å². The van der Waals surface area contributed by atoms with Crippen molar-refractivity contribution in [3.63, 3.8) is 0 Å². The largest absolute Gasteiger partial charge is 0.271 e. The molecule has 1 aliphatic heterocycles. The fraction of sp³-hybridized carbons (Fsp3) is 0.250. The summed E-state index contributed by atoms with van der Waals surface area (Å²) in [5, 5.41) is 7.38. The van der Waals surface area contributed by atoms with Gasteiger partial charge in [0.1, 0.15) is 4.21 Å². The van der Waals surface area contributed by atoms with Gasteiger partial charge >= 0.3 is 0 Å². The predicted molar refractivity (Wildman–Crippen MR) is 93.4 cm³/mol. The summed E-state index contributed by atoms with van der Waals surface area (Å²) < 4.78 is 26.0. The number of carbonyl (C=O) groups excluding carboxylic acids is 1. The van der Waals surface area contributed by atoms with Crippen molar-refractivity contribution in [2.75, 3.05) is 20.1 Å². The molecule has 0 bridgehead atoms. The van der Waals surface area contributed by atoms with Gasteiger partial charge < -0.3 is 0 Å². The van der Waals surface area contributed by atoms with Crippen LogP contribution in [0.5, 0.6) is 0 Å². The summed E-state index contributed by atoms with van der Waals surface area (Å²) in [6.07, 6.45) is 0.664. The molecule has 6 nitrogen and oxygen atoms in total. The van der Waals surface area contributed by atoms with Gasteiger partial charge in [0.05, 0.1) is 18.8 Å². The van der Waals surface area contributed by atoms with Crippen molar-refractivity contribution < 1.29 is 13.2 Å². The van der Waals surface area contributed by atoms with Crippen LogP contribution in [0.1, 0.15) is 12.0 Å². The first-order valence-corrected chi connectivity index (χ1v) is 9.73. The van der Waals surface area contributed by atoms with Gasteiger partial charge in [0.25, 0.3) is 15.9 Å². The summed E-state index contributed by atoms with van der Waals surface area (Å²) in [5.41, 5.74) is 1.82. The lowest BCUT2D eigenvalue weighted by Crippen LogP contribution is -2.38. The Labute approximate surface area is 145 Å². The summed E-state index contributed by atoms with van der Waals surface area (Å²) in [5.74, 6) is -0.330. The maximum atomic E-state index is 12.4. The first-order valence-electron chi connectivity index (χ1n) is 7.41. The fourth-order valence-electron chi connectivity index (χ4n) is 2.39. The molecule has 0 unspecified atom stereocenters. The molecule has 2 heterocycles. The fourth-order valence-corrected chi connectivity index (χ4v) is 4.71. The average Bonchev–Trinajstić information content (AvgIpc) is 3.27. The van der Waals surface area contributed by atoms with E-state index in [0.29, 0.717) is 13.0 Å². The monoisotopic (exact) mass is 363 g/mol. The Kier molecular flexibility index (Phi) is 4.79. The number of hydrazone groups is 1. The topological polar surface area (TPSA) is 70.1 Å². The normalized spacial score (nSPS) is 14.9. The van der Waals surface area contributed by atoms with E-state index < -0.39 is 10.0 Å². The quantitative estimate of drug-likeness (QED) is 0.816. The molecular weight excluding hydrogens is 346 g/mol. The number of thiophene rings is 1. The number of likely N-dealkylation sites (N-methyl/N-ethyl adjacent to an activating group) is 1. The maximum absolute atomic E-state index is 12.4. The second kappa shape index (κ2) is 6.84. The first kappa shape index (κ1) is 16.8. The zero-order valence-electron chi connectivity index (χ0n) is 13.1. The van der Waals surface area contributed by atoms with Crippen molar-refractivity contribution in [2.24, 2.45) is 5.10 Å². The highest BCUT2D eigenvalue weighted by atomic mass is 32.2.